The van der Waals surface area contributed by atoms with Gasteiger partial charge in [-0.05, 0) is 43.5 Å². The van der Waals surface area contributed by atoms with E-state index in [4.69, 9.17) is 0 Å². The number of likely N-dealkylation sites (N-methyl/N-ethyl adjacent to an activating group) is 1. The molecule has 0 spiro atoms. The van der Waals surface area contributed by atoms with Gasteiger partial charge in [0.25, 0.3) is 0 Å². The fourth-order valence-corrected chi connectivity index (χ4v) is 2.53. The number of carbonyl (C=O) groups excluding carboxylic acids is 1. The largest absolute Gasteiger partial charge is 0.389 e. The highest BCUT2D eigenvalue weighted by Gasteiger charge is 2.20. The van der Waals surface area contributed by atoms with Gasteiger partial charge >= 0.3 is 6.03 Å². The number of hydrogen-bond acceptors (Lipinski definition) is 3. The molecule has 1 aromatic carbocycles. The van der Waals surface area contributed by atoms with Gasteiger partial charge < -0.3 is 15.3 Å². The van der Waals surface area contributed by atoms with Crippen molar-refractivity contribution >= 4 is 6.03 Å². The van der Waals surface area contributed by atoms with Crippen LogP contribution in [0.3, 0.4) is 0 Å². The van der Waals surface area contributed by atoms with Gasteiger partial charge in [-0.3, -0.25) is 4.98 Å². The summed E-state index contributed by atoms with van der Waals surface area (Å²) in [5.74, 6) is 0. The molecule has 0 radical (unpaired) electrons. The van der Waals surface area contributed by atoms with Gasteiger partial charge in [-0.15, -0.1) is 0 Å². The Kier molecular flexibility index (Phi) is 5.57. The first-order valence-corrected chi connectivity index (χ1v) is 8.00. The van der Waals surface area contributed by atoms with E-state index in [-0.39, 0.29) is 18.6 Å². The molecule has 24 heavy (non-hydrogen) atoms. The number of aliphatic hydroxyl groups is 1. The first-order chi connectivity index (χ1) is 11.3. The van der Waals surface area contributed by atoms with Crippen LogP contribution in [0.1, 0.15) is 32.4 Å². The minimum absolute atomic E-state index is 0.121. The van der Waals surface area contributed by atoms with E-state index in [1.165, 1.54) is 4.90 Å². The molecule has 0 aliphatic carbocycles. The van der Waals surface area contributed by atoms with Crippen molar-refractivity contribution in [3.05, 3.63) is 54.4 Å². The third kappa shape index (κ3) is 5.06. The second-order valence-corrected chi connectivity index (χ2v) is 6.70. The normalized spacial score (nSPS) is 12.5. The SMILES string of the molecule is CC(NC(=O)N(C)CC(C)(C)O)c1ccc(-c2cccnc2)cc1. The maximum absolute atomic E-state index is 12.2. The van der Waals surface area contributed by atoms with Crippen molar-refractivity contribution in [3.8, 4) is 11.1 Å². The first kappa shape index (κ1) is 17.9. The second kappa shape index (κ2) is 7.45. The van der Waals surface area contributed by atoms with Crippen molar-refractivity contribution < 1.29 is 9.90 Å². The summed E-state index contributed by atoms with van der Waals surface area (Å²) in [5.41, 5.74) is 2.25. The highest BCUT2D eigenvalue weighted by atomic mass is 16.3. The van der Waals surface area contributed by atoms with Gasteiger partial charge in [-0.2, -0.15) is 0 Å². The molecule has 5 nitrogen and oxygen atoms in total. The van der Waals surface area contributed by atoms with Gasteiger partial charge in [0.15, 0.2) is 0 Å². The van der Waals surface area contributed by atoms with Crippen LogP contribution in [0, 0.1) is 0 Å². The Morgan fingerprint density at radius 3 is 2.46 bits per heavy atom. The average Bonchev–Trinajstić information content (AvgIpc) is 2.54. The molecule has 0 aliphatic heterocycles. The molecular weight excluding hydrogens is 302 g/mol. The van der Waals surface area contributed by atoms with Gasteiger partial charge in [0.05, 0.1) is 18.2 Å². The lowest BCUT2D eigenvalue weighted by atomic mass is 10.0. The third-order valence-corrected chi connectivity index (χ3v) is 3.72. The second-order valence-electron chi connectivity index (χ2n) is 6.70. The molecule has 2 N–H and O–H groups in total. The fraction of sp³-hybridized carbons (Fsp3) is 0.368. The van der Waals surface area contributed by atoms with Crippen molar-refractivity contribution in [1.82, 2.24) is 15.2 Å². The highest BCUT2D eigenvalue weighted by molar-refractivity contribution is 5.74. The van der Waals surface area contributed by atoms with Crippen LogP contribution in [0.2, 0.25) is 0 Å². The number of hydrogen-bond donors (Lipinski definition) is 2. The van der Waals surface area contributed by atoms with Gasteiger partial charge in [0.2, 0.25) is 0 Å². The number of aromatic nitrogens is 1. The number of nitrogens with zero attached hydrogens (tertiary/aromatic N) is 2. The van der Waals surface area contributed by atoms with E-state index in [9.17, 15) is 9.90 Å². The quantitative estimate of drug-likeness (QED) is 0.886. The summed E-state index contributed by atoms with van der Waals surface area (Å²) in [6.45, 7) is 5.56. The topological polar surface area (TPSA) is 65.5 Å². The summed E-state index contributed by atoms with van der Waals surface area (Å²) in [7, 11) is 1.67. The molecule has 5 heteroatoms. The van der Waals surface area contributed by atoms with E-state index in [1.807, 2.05) is 49.5 Å². The number of benzene rings is 1. The molecule has 1 aromatic heterocycles. The van der Waals surface area contributed by atoms with E-state index in [2.05, 4.69) is 10.3 Å². The van der Waals surface area contributed by atoms with Crippen LogP contribution in [0.5, 0.6) is 0 Å². The summed E-state index contributed by atoms with van der Waals surface area (Å²) in [4.78, 5) is 17.8. The third-order valence-electron chi connectivity index (χ3n) is 3.72. The number of pyridine rings is 1. The lowest BCUT2D eigenvalue weighted by molar-refractivity contribution is 0.0528. The first-order valence-electron chi connectivity index (χ1n) is 8.00. The van der Waals surface area contributed by atoms with Gasteiger partial charge in [0.1, 0.15) is 0 Å². The molecule has 1 heterocycles. The van der Waals surface area contributed by atoms with Crippen LogP contribution < -0.4 is 5.32 Å². The van der Waals surface area contributed by atoms with Crippen LogP contribution in [0.4, 0.5) is 4.79 Å². The predicted octanol–water partition coefficient (Wildman–Crippen LogP) is 3.22. The zero-order valence-corrected chi connectivity index (χ0v) is 14.7. The molecule has 0 saturated carbocycles. The number of amides is 2. The molecule has 1 atom stereocenters. The molecule has 0 saturated heterocycles. The van der Waals surface area contributed by atoms with E-state index in [0.29, 0.717) is 0 Å². The summed E-state index contributed by atoms with van der Waals surface area (Å²) in [6, 6.07) is 11.6. The average molecular weight is 327 g/mol. The van der Waals surface area contributed by atoms with Gasteiger partial charge in [-0.25, -0.2) is 4.79 Å². The van der Waals surface area contributed by atoms with Crippen molar-refractivity contribution in [2.24, 2.45) is 0 Å². The molecule has 0 bridgehead atoms. The Hall–Kier alpha value is -2.40. The van der Waals surface area contributed by atoms with E-state index in [1.54, 1.807) is 27.1 Å². The summed E-state index contributed by atoms with van der Waals surface area (Å²) in [6.07, 6.45) is 3.57. The van der Waals surface area contributed by atoms with Crippen LogP contribution in [0.25, 0.3) is 11.1 Å². The van der Waals surface area contributed by atoms with E-state index in [0.717, 1.165) is 16.7 Å². The lowest BCUT2D eigenvalue weighted by Crippen LogP contribution is -2.45. The van der Waals surface area contributed by atoms with Crippen molar-refractivity contribution in [1.29, 1.82) is 0 Å². The van der Waals surface area contributed by atoms with Crippen LogP contribution >= 0.6 is 0 Å². The van der Waals surface area contributed by atoms with E-state index < -0.39 is 5.60 Å². The fourth-order valence-electron chi connectivity index (χ4n) is 2.53. The minimum Gasteiger partial charge on any atom is -0.389 e. The van der Waals surface area contributed by atoms with Crippen molar-refractivity contribution in [3.63, 3.8) is 0 Å². The van der Waals surface area contributed by atoms with Crippen LogP contribution in [-0.2, 0) is 0 Å². The maximum Gasteiger partial charge on any atom is 0.317 e. The number of rotatable bonds is 5. The van der Waals surface area contributed by atoms with Crippen molar-refractivity contribution in [2.75, 3.05) is 13.6 Å². The summed E-state index contributed by atoms with van der Waals surface area (Å²) >= 11 is 0. The highest BCUT2D eigenvalue weighted by Crippen LogP contribution is 2.21. The summed E-state index contributed by atoms with van der Waals surface area (Å²) in [5, 5.41) is 12.7. The molecule has 1 unspecified atom stereocenters. The monoisotopic (exact) mass is 327 g/mol. The molecule has 0 aliphatic rings. The Labute approximate surface area is 143 Å². The zero-order chi connectivity index (χ0) is 17.7. The number of nitrogens with one attached hydrogen (secondary N) is 1. The minimum atomic E-state index is -0.916. The zero-order valence-electron chi connectivity index (χ0n) is 14.7. The number of carbonyl (C=O) groups is 1. The molecule has 2 rings (SSSR count). The lowest BCUT2D eigenvalue weighted by Gasteiger charge is -2.27. The Morgan fingerprint density at radius 1 is 1.25 bits per heavy atom. The predicted molar refractivity (Wildman–Crippen MR) is 95.5 cm³/mol. The molecule has 2 aromatic rings. The summed E-state index contributed by atoms with van der Waals surface area (Å²) < 4.78 is 0. The Morgan fingerprint density at radius 2 is 1.92 bits per heavy atom. The van der Waals surface area contributed by atoms with Gasteiger partial charge in [-0.1, -0.05) is 30.3 Å². The van der Waals surface area contributed by atoms with Crippen molar-refractivity contribution in [2.45, 2.75) is 32.4 Å². The Balaban J connectivity index is 2.00. The maximum atomic E-state index is 12.2. The van der Waals surface area contributed by atoms with E-state index >= 15 is 0 Å². The smallest absolute Gasteiger partial charge is 0.317 e. The Bertz CT molecular complexity index is 663. The molecular formula is C19H25N3O2. The molecule has 128 valence electrons. The van der Waals surface area contributed by atoms with Crippen LogP contribution in [0.15, 0.2) is 48.8 Å². The molecule has 2 amide bonds. The van der Waals surface area contributed by atoms with Crippen LogP contribution in [-0.4, -0.2) is 40.2 Å². The number of urea groups is 1. The van der Waals surface area contributed by atoms with Gasteiger partial charge in [0, 0.05) is 19.4 Å². The molecule has 0 fully saturated rings. The standard InChI is InChI=1S/C19H25N3O2/c1-14(21-18(23)22(4)13-19(2,3)24)15-7-9-16(10-8-15)17-6-5-11-20-12-17/h5-12,14,24H,13H2,1-4H3,(H,21,23).